The van der Waals surface area contributed by atoms with Crippen molar-refractivity contribution in [2.24, 2.45) is 0 Å². The minimum Gasteiger partial charge on any atom is -0.310 e. The van der Waals surface area contributed by atoms with E-state index in [1.807, 2.05) is 6.07 Å². The molecule has 0 amide bonds. The second kappa shape index (κ2) is 21.5. The number of hydrogen-bond donors (Lipinski definition) is 0. The highest BCUT2D eigenvalue weighted by molar-refractivity contribution is 6.10. The summed E-state index contributed by atoms with van der Waals surface area (Å²) in [4.78, 5) is 2.47. The normalized spacial score (nSPS) is 11.9. The van der Waals surface area contributed by atoms with Crippen LogP contribution in [0.5, 0.6) is 0 Å². The zero-order valence-corrected chi connectivity index (χ0v) is 45.0. The molecule has 1 nitrogen and oxygen atoms in total. The fourth-order valence-electron chi connectivity index (χ4n) is 11.1. The van der Waals surface area contributed by atoms with Crippen molar-refractivity contribution in [1.29, 1.82) is 0 Å². The Hall–Kier alpha value is -8.52. The van der Waals surface area contributed by atoms with E-state index in [1.165, 1.54) is 122 Å². The first kappa shape index (κ1) is 50.0. The van der Waals surface area contributed by atoms with Gasteiger partial charge in [-0.2, -0.15) is 0 Å². The van der Waals surface area contributed by atoms with Crippen LogP contribution in [0.1, 0.15) is 63.9 Å². The van der Waals surface area contributed by atoms with Crippen molar-refractivity contribution in [3.05, 3.63) is 293 Å². The first-order valence-corrected chi connectivity index (χ1v) is 26.4. The van der Waals surface area contributed by atoms with Gasteiger partial charge in [0.2, 0.25) is 0 Å². The minimum absolute atomic E-state index is 0.122. The summed E-state index contributed by atoms with van der Waals surface area (Å²) in [5.74, 6) is 0. The highest BCUT2D eigenvalue weighted by Crippen LogP contribution is 2.55. The lowest BCUT2D eigenvalue weighted by atomic mass is 9.81. The highest BCUT2D eigenvalue weighted by Gasteiger charge is 2.38. The van der Waals surface area contributed by atoms with Gasteiger partial charge in [-0.1, -0.05) is 243 Å². The molecule has 0 N–H and O–H groups in total. The van der Waals surface area contributed by atoms with Gasteiger partial charge in [-0.15, -0.1) is 0 Å². The maximum atomic E-state index is 2.47. The molecule has 1 aliphatic rings. The molecule has 0 aliphatic heterocycles. The number of nitrogens with zero attached hydrogens (tertiary/aromatic N) is 1. The molecule has 1 heteroatoms. The predicted molar refractivity (Wildman–Crippen MR) is 324 cm³/mol. The number of hydrogen-bond acceptors (Lipinski definition) is 1. The summed E-state index contributed by atoms with van der Waals surface area (Å²) < 4.78 is 0. The van der Waals surface area contributed by atoms with E-state index in [2.05, 4.69) is 304 Å². The van der Waals surface area contributed by atoms with Crippen LogP contribution in [0.15, 0.2) is 243 Å². The van der Waals surface area contributed by atoms with Crippen LogP contribution in [0.2, 0.25) is 0 Å². The summed E-state index contributed by atoms with van der Waals surface area (Å²) in [6.45, 7) is 20.0. The second-order valence-corrected chi connectivity index (χ2v) is 21.0. The molecule has 75 heavy (non-hydrogen) atoms. The van der Waals surface area contributed by atoms with Gasteiger partial charge in [0.1, 0.15) is 0 Å². The molecule has 1 aliphatic carbocycles. The van der Waals surface area contributed by atoms with Crippen molar-refractivity contribution in [2.75, 3.05) is 4.90 Å². The van der Waals surface area contributed by atoms with Crippen molar-refractivity contribution < 1.29 is 0 Å². The average Bonchev–Trinajstić information content (AvgIpc) is 3.66. The van der Waals surface area contributed by atoms with E-state index in [9.17, 15) is 0 Å². The smallest absolute Gasteiger partial charge is 0.0543 e. The van der Waals surface area contributed by atoms with E-state index in [0.29, 0.717) is 0 Å². The van der Waals surface area contributed by atoms with Gasteiger partial charge in [-0.25, -0.2) is 0 Å². The fraction of sp³-hybridized carbons (Fsp3) is 0.135. The SMILES string of the molecule is Cc1ccc(-c2ccccc2)cc1.Cc1ccc(-c2ccccc2C)c(C)c1.Cc1ccc2c(c1)C(C)(C)c1cc(N(c3ccc(-c4ccccc4)cc3)c3ccc(-c4ccccc4C)c(C)c3)c3ccccc3c1-2. The maximum Gasteiger partial charge on any atom is 0.0543 e. The molecule has 11 aromatic carbocycles. The number of rotatable bonds is 7. The fourth-order valence-corrected chi connectivity index (χ4v) is 11.1. The third-order valence-electron chi connectivity index (χ3n) is 15.2. The lowest BCUT2D eigenvalue weighted by Gasteiger charge is -2.30. The standard InChI is InChI=1S/C46H39N.C15H16.C13H12/c1-30-19-25-41-42(27-30)46(4,5)43-29-44(39-17-11-12-18-40(39)45(41)43)47(35-22-20-34(21-23-35)33-14-7-6-8-15-33)36-24-26-38(32(3)28-36)37-16-10-9-13-31(37)2;1-11-8-9-15(13(3)10-11)14-7-5-4-6-12(14)2;1-11-7-9-13(10-8-11)12-5-3-2-4-6-12/h6-29H,1-5H3;4-10H,1-3H3;2-10H,1H3. The lowest BCUT2D eigenvalue weighted by Crippen LogP contribution is -2.17. The predicted octanol–water partition coefficient (Wildman–Crippen LogP) is 20.8. The Balaban J connectivity index is 0.000000185. The molecular formula is C74H67N. The van der Waals surface area contributed by atoms with Gasteiger partial charge < -0.3 is 4.90 Å². The van der Waals surface area contributed by atoms with Crippen LogP contribution in [-0.2, 0) is 5.41 Å². The third-order valence-corrected chi connectivity index (χ3v) is 15.2. The Morgan fingerprint density at radius 1 is 0.280 bits per heavy atom. The molecule has 368 valence electrons. The van der Waals surface area contributed by atoms with Crippen molar-refractivity contribution in [1.82, 2.24) is 0 Å². The van der Waals surface area contributed by atoms with Crippen LogP contribution < -0.4 is 4.90 Å². The van der Waals surface area contributed by atoms with Gasteiger partial charge in [0.05, 0.1) is 5.69 Å². The Labute approximate surface area is 446 Å². The van der Waals surface area contributed by atoms with E-state index in [0.717, 1.165) is 11.4 Å². The molecule has 0 bridgehead atoms. The van der Waals surface area contributed by atoms with E-state index < -0.39 is 0 Å². The van der Waals surface area contributed by atoms with Crippen LogP contribution in [0.4, 0.5) is 17.1 Å². The largest absolute Gasteiger partial charge is 0.310 e. The monoisotopic (exact) mass is 970 g/mol. The molecule has 0 radical (unpaired) electrons. The van der Waals surface area contributed by atoms with Gasteiger partial charge in [-0.3, -0.25) is 0 Å². The summed E-state index contributed by atoms with van der Waals surface area (Å²) in [6.07, 6.45) is 0. The van der Waals surface area contributed by atoms with E-state index in [4.69, 9.17) is 0 Å². The molecule has 0 heterocycles. The number of benzene rings is 11. The van der Waals surface area contributed by atoms with E-state index in [-0.39, 0.29) is 5.41 Å². The summed E-state index contributed by atoms with van der Waals surface area (Å²) in [5, 5.41) is 2.55. The average molecular weight is 970 g/mol. The van der Waals surface area contributed by atoms with Gasteiger partial charge >= 0.3 is 0 Å². The summed E-state index contributed by atoms with van der Waals surface area (Å²) >= 11 is 0. The maximum absolute atomic E-state index is 2.47. The van der Waals surface area contributed by atoms with Crippen molar-refractivity contribution in [3.8, 4) is 55.6 Å². The topological polar surface area (TPSA) is 3.24 Å². The van der Waals surface area contributed by atoms with E-state index in [1.54, 1.807) is 0 Å². The molecule has 0 fully saturated rings. The van der Waals surface area contributed by atoms with Crippen LogP contribution in [0, 0.1) is 48.5 Å². The first-order valence-electron chi connectivity index (χ1n) is 26.4. The molecule has 11 aromatic rings. The highest BCUT2D eigenvalue weighted by atomic mass is 15.1. The first-order chi connectivity index (χ1) is 36.3. The van der Waals surface area contributed by atoms with Gasteiger partial charge in [-0.05, 0) is 173 Å². The Kier molecular flexibility index (Phi) is 14.4. The summed E-state index contributed by atoms with van der Waals surface area (Å²) in [6, 6.07) is 87.9. The number of aryl methyl sites for hydroxylation is 7. The van der Waals surface area contributed by atoms with Gasteiger partial charge in [0.15, 0.2) is 0 Å². The number of anilines is 3. The van der Waals surface area contributed by atoms with Crippen LogP contribution >= 0.6 is 0 Å². The Morgan fingerprint density at radius 2 is 0.693 bits per heavy atom. The Bertz CT molecular complexity index is 3790. The zero-order valence-electron chi connectivity index (χ0n) is 45.0. The van der Waals surface area contributed by atoms with Gasteiger partial charge in [0, 0.05) is 22.2 Å². The molecule has 0 spiro atoms. The molecule has 0 unspecified atom stereocenters. The number of fused-ring (bicyclic) bond motifs is 5. The minimum atomic E-state index is -0.122. The lowest BCUT2D eigenvalue weighted by molar-refractivity contribution is 0.660. The third kappa shape index (κ3) is 10.4. The van der Waals surface area contributed by atoms with Crippen molar-refractivity contribution in [3.63, 3.8) is 0 Å². The Morgan fingerprint density at radius 3 is 1.24 bits per heavy atom. The molecular weight excluding hydrogens is 903 g/mol. The second-order valence-electron chi connectivity index (χ2n) is 21.0. The molecule has 0 saturated heterocycles. The van der Waals surface area contributed by atoms with Crippen LogP contribution in [0.25, 0.3) is 66.4 Å². The molecule has 12 rings (SSSR count). The van der Waals surface area contributed by atoms with Crippen LogP contribution in [-0.4, -0.2) is 0 Å². The van der Waals surface area contributed by atoms with Crippen molar-refractivity contribution in [2.45, 2.75) is 67.7 Å². The molecule has 0 aromatic heterocycles. The zero-order chi connectivity index (χ0) is 52.2. The quantitative estimate of drug-likeness (QED) is 0.154. The molecule has 0 saturated carbocycles. The van der Waals surface area contributed by atoms with E-state index >= 15 is 0 Å². The molecule has 0 atom stereocenters. The summed E-state index contributed by atoms with van der Waals surface area (Å²) in [5.41, 5.74) is 28.3. The van der Waals surface area contributed by atoms with Crippen LogP contribution in [0.3, 0.4) is 0 Å². The van der Waals surface area contributed by atoms with Crippen molar-refractivity contribution >= 4 is 27.8 Å². The van der Waals surface area contributed by atoms with Gasteiger partial charge in [0.25, 0.3) is 0 Å². The summed E-state index contributed by atoms with van der Waals surface area (Å²) in [7, 11) is 0.